The molecule has 2 N–H and O–H groups in total. The number of aliphatic hydroxyl groups is 1. The third kappa shape index (κ3) is 2.14. The average Bonchev–Trinajstić information content (AvgIpc) is 2.12. The number of hydrogen-bond acceptors (Lipinski definition) is 3. The fraction of sp³-hybridized carbons (Fsp3) is 0.333. The molecule has 0 saturated heterocycles. The minimum absolute atomic E-state index is 0.0391. The van der Waals surface area contributed by atoms with Crippen LogP contribution in [0.5, 0.6) is 11.5 Å². The summed E-state index contributed by atoms with van der Waals surface area (Å²) in [6.07, 6.45) is 0.476. The van der Waals surface area contributed by atoms with Crippen molar-refractivity contribution in [3.05, 3.63) is 22.2 Å². The summed E-state index contributed by atoms with van der Waals surface area (Å²) in [5.74, 6) is 0.497. The van der Waals surface area contributed by atoms with Gasteiger partial charge in [0.25, 0.3) is 0 Å². The van der Waals surface area contributed by atoms with E-state index < -0.39 is 0 Å². The first-order valence-electron chi connectivity index (χ1n) is 3.86. The minimum atomic E-state index is 0.0391. The third-order valence-electron chi connectivity index (χ3n) is 1.75. The van der Waals surface area contributed by atoms with Crippen LogP contribution in [0, 0.1) is 0 Å². The van der Waals surface area contributed by atoms with Crippen molar-refractivity contribution < 1.29 is 14.9 Å². The molecule has 0 heterocycles. The Bertz CT molecular complexity index is 299. The zero-order chi connectivity index (χ0) is 9.84. The molecule has 0 aliphatic heterocycles. The quantitative estimate of drug-likeness (QED) is 0.854. The van der Waals surface area contributed by atoms with E-state index in [9.17, 15) is 5.11 Å². The second-order valence-electron chi connectivity index (χ2n) is 2.56. The number of halogens is 1. The topological polar surface area (TPSA) is 49.7 Å². The Balaban J connectivity index is 3.13. The molecule has 72 valence electrons. The van der Waals surface area contributed by atoms with Crippen LogP contribution in [0.15, 0.2) is 16.6 Å². The third-order valence-corrected chi connectivity index (χ3v) is 2.39. The van der Waals surface area contributed by atoms with E-state index in [0.29, 0.717) is 16.6 Å². The first kappa shape index (κ1) is 10.3. The maximum absolute atomic E-state index is 9.55. The second kappa shape index (κ2) is 4.48. The lowest BCUT2D eigenvalue weighted by Crippen LogP contribution is -1.96. The summed E-state index contributed by atoms with van der Waals surface area (Å²) in [7, 11) is 1.49. The van der Waals surface area contributed by atoms with Crippen LogP contribution in [0.2, 0.25) is 0 Å². The Morgan fingerprint density at radius 1 is 1.46 bits per heavy atom. The van der Waals surface area contributed by atoms with Crippen LogP contribution in [-0.4, -0.2) is 23.9 Å². The number of phenols is 1. The maximum atomic E-state index is 9.55. The average molecular weight is 247 g/mol. The van der Waals surface area contributed by atoms with Crippen molar-refractivity contribution in [2.24, 2.45) is 0 Å². The second-order valence-corrected chi connectivity index (χ2v) is 3.42. The first-order chi connectivity index (χ1) is 6.20. The van der Waals surface area contributed by atoms with Gasteiger partial charge in [-0.3, -0.25) is 0 Å². The highest BCUT2D eigenvalue weighted by molar-refractivity contribution is 9.10. The van der Waals surface area contributed by atoms with Gasteiger partial charge in [0.05, 0.1) is 11.6 Å². The van der Waals surface area contributed by atoms with Crippen molar-refractivity contribution in [3.63, 3.8) is 0 Å². The first-order valence-corrected chi connectivity index (χ1v) is 4.65. The summed E-state index contributed by atoms with van der Waals surface area (Å²) in [6, 6.07) is 3.53. The van der Waals surface area contributed by atoms with E-state index >= 15 is 0 Å². The van der Waals surface area contributed by atoms with E-state index in [1.165, 1.54) is 7.11 Å². The summed E-state index contributed by atoms with van der Waals surface area (Å²) in [6.45, 7) is 0.0391. The summed E-state index contributed by atoms with van der Waals surface area (Å²) in [4.78, 5) is 0. The van der Waals surface area contributed by atoms with Gasteiger partial charge in [0.15, 0.2) is 11.5 Å². The molecule has 0 radical (unpaired) electrons. The van der Waals surface area contributed by atoms with Crippen molar-refractivity contribution in [2.45, 2.75) is 6.42 Å². The zero-order valence-corrected chi connectivity index (χ0v) is 8.84. The minimum Gasteiger partial charge on any atom is -0.503 e. The van der Waals surface area contributed by atoms with Gasteiger partial charge in [0.1, 0.15) is 0 Å². The lowest BCUT2D eigenvalue weighted by Gasteiger charge is -2.10. The van der Waals surface area contributed by atoms with Crippen LogP contribution >= 0.6 is 15.9 Å². The standard InChI is InChI=1S/C9H11BrO3/c1-13-9-6(4-5-11)2-3-7(10)8(9)12/h2-3,11-12H,4-5H2,1H3. The van der Waals surface area contributed by atoms with E-state index in [0.717, 1.165) is 5.56 Å². The van der Waals surface area contributed by atoms with Gasteiger partial charge in [-0.1, -0.05) is 6.07 Å². The highest BCUT2D eigenvalue weighted by Crippen LogP contribution is 2.36. The molecule has 0 amide bonds. The lowest BCUT2D eigenvalue weighted by atomic mass is 10.1. The van der Waals surface area contributed by atoms with Crippen LogP contribution in [0.1, 0.15) is 5.56 Å². The van der Waals surface area contributed by atoms with Crippen LogP contribution < -0.4 is 4.74 Å². The molecule has 0 aliphatic carbocycles. The van der Waals surface area contributed by atoms with Crippen LogP contribution in [0.25, 0.3) is 0 Å². The summed E-state index contributed by atoms with van der Waals surface area (Å²) in [5, 5.41) is 18.3. The molecule has 0 spiro atoms. The molecule has 0 unspecified atom stereocenters. The summed E-state index contributed by atoms with van der Waals surface area (Å²) in [5.41, 5.74) is 0.797. The molecule has 13 heavy (non-hydrogen) atoms. The largest absolute Gasteiger partial charge is 0.503 e. The molecule has 0 bridgehead atoms. The highest BCUT2D eigenvalue weighted by Gasteiger charge is 2.10. The van der Waals surface area contributed by atoms with E-state index in [2.05, 4.69) is 15.9 Å². The van der Waals surface area contributed by atoms with Crippen molar-refractivity contribution in [3.8, 4) is 11.5 Å². The molecule has 1 aromatic rings. The van der Waals surface area contributed by atoms with Gasteiger partial charge < -0.3 is 14.9 Å². The van der Waals surface area contributed by atoms with E-state index in [1.807, 2.05) is 0 Å². The molecule has 4 heteroatoms. The predicted molar refractivity (Wildman–Crippen MR) is 53.1 cm³/mol. The molecule has 0 fully saturated rings. The Hall–Kier alpha value is -0.740. The van der Waals surface area contributed by atoms with Gasteiger partial charge in [0, 0.05) is 12.2 Å². The van der Waals surface area contributed by atoms with Gasteiger partial charge >= 0.3 is 0 Å². The number of hydrogen-bond donors (Lipinski definition) is 2. The van der Waals surface area contributed by atoms with Gasteiger partial charge in [-0.25, -0.2) is 0 Å². The van der Waals surface area contributed by atoms with Crippen LogP contribution in [0.4, 0.5) is 0 Å². The van der Waals surface area contributed by atoms with Crippen molar-refractivity contribution in [1.82, 2.24) is 0 Å². The molecule has 1 aromatic carbocycles. The van der Waals surface area contributed by atoms with Gasteiger partial charge in [0.2, 0.25) is 0 Å². The number of phenolic OH excluding ortho intramolecular Hbond substituents is 1. The fourth-order valence-corrected chi connectivity index (χ4v) is 1.45. The van der Waals surface area contributed by atoms with E-state index in [1.54, 1.807) is 12.1 Å². The molecule has 0 aromatic heterocycles. The SMILES string of the molecule is COc1c(CCO)ccc(Br)c1O. The number of rotatable bonds is 3. The zero-order valence-electron chi connectivity index (χ0n) is 7.25. The Morgan fingerprint density at radius 2 is 2.15 bits per heavy atom. The predicted octanol–water partition coefficient (Wildman–Crippen LogP) is 1.70. The van der Waals surface area contributed by atoms with Crippen molar-refractivity contribution in [1.29, 1.82) is 0 Å². The normalized spacial score (nSPS) is 10.1. The summed E-state index contributed by atoms with van der Waals surface area (Å²) >= 11 is 3.18. The molecule has 0 atom stereocenters. The lowest BCUT2D eigenvalue weighted by molar-refractivity contribution is 0.295. The smallest absolute Gasteiger partial charge is 0.172 e. The number of ether oxygens (including phenoxy) is 1. The molecule has 3 nitrogen and oxygen atoms in total. The fourth-order valence-electron chi connectivity index (χ4n) is 1.13. The maximum Gasteiger partial charge on any atom is 0.172 e. The number of aliphatic hydroxyl groups excluding tert-OH is 1. The van der Waals surface area contributed by atoms with Gasteiger partial charge in [-0.05, 0) is 28.4 Å². The number of methoxy groups -OCH3 is 1. The van der Waals surface area contributed by atoms with Gasteiger partial charge in [-0.15, -0.1) is 0 Å². The monoisotopic (exact) mass is 246 g/mol. The number of aromatic hydroxyl groups is 1. The Kier molecular flexibility index (Phi) is 3.57. The molecule has 0 aliphatic rings. The van der Waals surface area contributed by atoms with E-state index in [4.69, 9.17) is 9.84 Å². The summed E-state index contributed by atoms with van der Waals surface area (Å²) < 4.78 is 5.61. The van der Waals surface area contributed by atoms with Gasteiger partial charge in [-0.2, -0.15) is 0 Å². The number of benzene rings is 1. The Morgan fingerprint density at radius 3 is 2.69 bits per heavy atom. The van der Waals surface area contributed by atoms with E-state index in [-0.39, 0.29) is 12.4 Å². The molecule has 1 rings (SSSR count). The molecule has 0 saturated carbocycles. The van der Waals surface area contributed by atoms with Crippen molar-refractivity contribution in [2.75, 3.05) is 13.7 Å². The Labute approximate surface area is 85.1 Å². The van der Waals surface area contributed by atoms with Crippen molar-refractivity contribution >= 4 is 15.9 Å². The molecular formula is C9H11BrO3. The van der Waals surface area contributed by atoms with Crippen LogP contribution in [0.3, 0.4) is 0 Å². The van der Waals surface area contributed by atoms with Crippen LogP contribution in [-0.2, 0) is 6.42 Å². The molecular weight excluding hydrogens is 236 g/mol. The highest BCUT2D eigenvalue weighted by atomic mass is 79.9.